The zero-order chi connectivity index (χ0) is 18.5. The summed E-state index contributed by atoms with van der Waals surface area (Å²) in [6, 6.07) is 14.2. The van der Waals surface area contributed by atoms with Crippen LogP contribution in [-0.4, -0.2) is 16.1 Å². The Kier molecular flexibility index (Phi) is 5.12. The third-order valence-electron chi connectivity index (χ3n) is 3.50. The molecule has 0 saturated carbocycles. The van der Waals surface area contributed by atoms with Crippen LogP contribution in [0.2, 0.25) is 0 Å². The molecular weight excluding hydrogens is 345 g/mol. The topological polar surface area (TPSA) is 66.9 Å². The van der Waals surface area contributed by atoms with Crippen LogP contribution in [0.15, 0.2) is 54.6 Å². The smallest absolute Gasteiger partial charge is 0.259 e. The summed E-state index contributed by atoms with van der Waals surface area (Å²) in [5.41, 5.74) is 0.428. The van der Waals surface area contributed by atoms with Crippen LogP contribution >= 0.6 is 0 Å². The van der Waals surface area contributed by atoms with Gasteiger partial charge in [-0.15, -0.1) is 10.2 Å². The number of nitrogens with zero attached hydrogens (tertiary/aromatic N) is 2. The number of carbonyl (C=O) groups is 1. The summed E-state index contributed by atoms with van der Waals surface area (Å²) in [6.07, 6.45) is 0. The average Bonchev–Trinajstić information content (AvgIpc) is 2.66. The lowest BCUT2D eigenvalue weighted by atomic mass is 10.2. The largest absolute Gasteiger partial charge is 0.365 e. The van der Waals surface area contributed by atoms with E-state index in [9.17, 15) is 18.0 Å². The Balaban J connectivity index is 1.64. The molecule has 1 amide bonds. The van der Waals surface area contributed by atoms with E-state index >= 15 is 0 Å². The van der Waals surface area contributed by atoms with Gasteiger partial charge in [-0.2, -0.15) is 0 Å². The molecule has 8 heteroatoms. The van der Waals surface area contributed by atoms with Crippen LogP contribution in [-0.2, 0) is 6.54 Å². The molecular formula is C18H13F3N4O. The molecule has 0 bridgehead atoms. The van der Waals surface area contributed by atoms with Crippen molar-refractivity contribution in [2.75, 3.05) is 10.6 Å². The Morgan fingerprint density at radius 1 is 0.846 bits per heavy atom. The highest BCUT2D eigenvalue weighted by atomic mass is 19.2. The number of halogens is 3. The van der Waals surface area contributed by atoms with Crippen LogP contribution in [0.25, 0.3) is 0 Å². The molecule has 0 fully saturated rings. The summed E-state index contributed by atoms with van der Waals surface area (Å²) in [5, 5.41) is 13.0. The molecule has 3 aromatic rings. The van der Waals surface area contributed by atoms with Gasteiger partial charge in [-0.1, -0.05) is 30.3 Å². The minimum Gasteiger partial charge on any atom is -0.365 e. The van der Waals surface area contributed by atoms with Crippen LogP contribution in [0.5, 0.6) is 0 Å². The van der Waals surface area contributed by atoms with Crippen molar-refractivity contribution in [3.8, 4) is 0 Å². The second-order valence-electron chi connectivity index (χ2n) is 5.32. The number of amides is 1. The van der Waals surface area contributed by atoms with Crippen LogP contribution < -0.4 is 10.6 Å². The number of hydrogen-bond donors (Lipinski definition) is 2. The molecule has 5 nitrogen and oxygen atoms in total. The van der Waals surface area contributed by atoms with Crippen molar-refractivity contribution in [1.82, 2.24) is 10.2 Å². The first-order chi connectivity index (χ1) is 12.5. The highest BCUT2D eigenvalue weighted by molar-refractivity contribution is 6.03. The lowest BCUT2D eigenvalue weighted by Gasteiger charge is -2.08. The Morgan fingerprint density at radius 3 is 2.23 bits per heavy atom. The Morgan fingerprint density at radius 2 is 1.54 bits per heavy atom. The monoisotopic (exact) mass is 358 g/mol. The van der Waals surface area contributed by atoms with Gasteiger partial charge in [0.05, 0.1) is 5.56 Å². The maximum atomic E-state index is 13.6. The molecule has 26 heavy (non-hydrogen) atoms. The van der Waals surface area contributed by atoms with Gasteiger partial charge in [0.15, 0.2) is 23.3 Å². The van der Waals surface area contributed by atoms with E-state index in [-0.39, 0.29) is 5.82 Å². The molecule has 0 radical (unpaired) electrons. The van der Waals surface area contributed by atoms with Crippen molar-refractivity contribution < 1.29 is 18.0 Å². The van der Waals surface area contributed by atoms with E-state index in [1.165, 1.54) is 6.07 Å². The quantitative estimate of drug-likeness (QED) is 0.682. The molecule has 0 atom stereocenters. The minimum atomic E-state index is -1.70. The van der Waals surface area contributed by atoms with Crippen molar-refractivity contribution in [2.24, 2.45) is 0 Å². The Labute approximate surface area is 146 Å². The van der Waals surface area contributed by atoms with Crippen LogP contribution in [0.3, 0.4) is 0 Å². The molecule has 1 aromatic heterocycles. The molecule has 0 aliphatic carbocycles. The molecule has 0 aliphatic rings. The lowest BCUT2D eigenvalue weighted by molar-refractivity contribution is 0.102. The SMILES string of the molecule is O=C(Nc1ccc(NCc2ccccc2)nn1)c1ccc(F)c(F)c1F. The van der Waals surface area contributed by atoms with E-state index in [1.54, 1.807) is 6.07 Å². The van der Waals surface area contributed by atoms with Crippen LogP contribution in [0.4, 0.5) is 24.8 Å². The summed E-state index contributed by atoms with van der Waals surface area (Å²) in [4.78, 5) is 12.0. The van der Waals surface area contributed by atoms with Crippen molar-refractivity contribution in [3.05, 3.63) is 83.2 Å². The summed E-state index contributed by atoms with van der Waals surface area (Å²) < 4.78 is 39.7. The summed E-state index contributed by atoms with van der Waals surface area (Å²) in [6.45, 7) is 0.543. The van der Waals surface area contributed by atoms with E-state index < -0.39 is 28.9 Å². The molecule has 2 aromatic carbocycles. The van der Waals surface area contributed by atoms with Gasteiger partial charge in [0.2, 0.25) is 0 Å². The first-order valence-corrected chi connectivity index (χ1v) is 7.61. The third-order valence-corrected chi connectivity index (χ3v) is 3.50. The van der Waals surface area contributed by atoms with E-state index in [0.717, 1.165) is 11.6 Å². The van der Waals surface area contributed by atoms with Gasteiger partial charge in [-0.25, -0.2) is 13.2 Å². The van der Waals surface area contributed by atoms with Crippen LogP contribution in [0.1, 0.15) is 15.9 Å². The third kappa shape index (κ3) is 3.97. The highest BCUT2D eigenvalue weighted by Gasteiger charge is 2.19. The van der Waals surface area contributed by atoms with Gasteiger partial charge in [-0.05, 0) is 29.8 Å². The van der Waals surface area contributed by atoms with E-state index in [4.69, 9.17) is 0 Å². The average molecular weight is 358 g/mol. The zero-order valence-corrected chi connectivity index (χ0v) is 13.3. The summed E-state index contributed by atoms with van der Waals surface area (Å²) >= 11 is 0. The number of rotatable bonds is 5. The van der Waals surface area contributed by atoms with Gasteiger partial charge in [0.25, 0.3) is 5.91 Å². The minimum absolute atomic E-state index is 0.0457. The molecule has 3 rings (SSSR count). The maximum Gasteiger partial charge on any atom is 0.259 e. The summed E-state index contributed by atoms with van der Waals surface area (Å²) in [5.74, 6) is -5.07. The second kappa shape index (κ2) is 7.64. The first kappa shape index (κ1) is 17.4. The number of carbonyl (C=O) groups excluding carboxylic acids is 1. The standard InChI is InChI=1S/C18H13F3N4O/c19-13-7-6-12(16(20)17(13)21)18(26)23-15-9-8-14(24-25-15)22-10-11-4-2-1-3-5-11/h1-9H,10H2,(H,22,24)(H,23,25,26). The molecule has 0 saturated heterocycles. The van der Waals surface area contributed by atoms with E-state index in [2.05, 4.69) is 20.8 Å². The normalized spacial score (nSPS) is 10.4. The number of hydrogen-bond acceptors (Lipinski definition) is 4. The second-order valence-corrected chi connectivity index (χ2v) is 5.32. The Hall–Kier alpha value is -3.42. The lowest BCUT2D eigenvalue weighted by Crippen LogP contribution is -2.16. The number of benzene rings is 2. The van der Waals surface area contributed by atoms with E-state index in [1.807, 2.05) is 30.3 Å². The fourth-order valence-electron chi connectivity index (χ4n) is 2.17. The van der Waals surface area contributed by atoms with Gasteiger partial charge < -0.3 is 10.6 Å². The summed E-state index contributed by atoms with van der Waals surface area (Å²) in [7, 11) is 0. The molecule has 0 aliphatic heterocycles. The van der Waals surface area contributed by atoms with Gasteiger partial charge in [0.1, 0.15) is 5.82 Å². The van der Waals surface area contributed by atoms with Crippen molar-refractivity contribution in [1.29, 1.82) is 0 Å². The first-order valence-electron chi connectivity index (χ1n) is 7.61. The fraction of sp³-hybridized carbons (Fsp3) is 0.0556. The molecule has 0 unspecified atom stereocenters. The highest BCUT2D eigenvalue weighted by Crippen LogP contribution is 2.17. The predicted molar refractivity (Wildman–Crippen MR) is 90.1 cm³/mol. The van der Waals surface area contributed by atoms with Crippen molar-refractivity contribution >= 4 is 17.5 Å². The van der Waals surface area contributed by atoms with Crippen molar-refractivity contribution in [3.63, 3.8) is 0 Å². The number of nitrogens with one attached hydrogen (secondary N) is 2. The predicted octanol–water partition coefficient (Wildman–Crippen LogP) is 3.76. The van der Waals surface area contributed by atoms with Crippen LogP contribution in [0, 0.1) is 17.5 Å². The zero-order valence-electron chi connectivity index (χ0n) is 13.3. The molecule has 2 N–H and O–H groups in total. The van der Waals surface area contributed by atoms with Gasteiger partial charge in [0, 0.05) is 6.54 Å². The van der Waals surface area contributed by atoms with Gasteiger partial charge in [-0.3, -0.25) is 4.79 Å². The molecule has 0 spiro atoms. The van der Waals surface area contributed by atoms with Crippen molar-refractivity contribution in [2.45, 2.75) is 6.54 Å². The Bertz CT molecular complexity index is 918. The fourth-order valence-corrected chi connectivity index (χ4v) is 2.17. The molecule has 1 heterocycles. The van der Waals surface area contributed by atoms with Gasteiger partial charge >= 0.3 is 0 Å². The maximum absolute atomic E-state index is 13.6. The number of anilines is 2. The molecule has 132 valence electrons. The number of aromatic nitrogens is 2. The van der Waals surface area contributed by atoms with E-state index in [0.29, 0.717) is 18.4 Å².